The van der Waals surface area contributed by atoms with E-state index in [0.717, 1.165) is 12.8 Å². The summed E-state index contributed by atoms with van der Waals surface area (Å²) >= 11 is 0. The third-order valence-electron chi connectivity index (χ3n) is 5.41. The highest BCUT2D eigenvalue weighted by Gasteiger charge is 2.57. The Hall–Kier alpha value is -0.126. The zero-order valence-corrected chi connectivity index (χ0v) is 14.7. The lowest BCUT2D eigenvalue weighted by Gasteiger charge is -2.54. The van der Waals surface area contributed by atoms with Crippen LogP contribution in [0.3, 0.4) is 0 Å². The number of rotatable bonds is 6. The van der Waals surface area contributed by atoms with Crippen molar-refractivity contribution in [3.8, 4) is 0 Å². The van der Waals surface area contributed by atoms with Crippen LogP contribution in [-0.2, 0) is 4.43 Å². The molecule has 1 fully saturated rings. The van der Waals surface area contributed by atoms with Gasteiger partial charge in [0.2, 0.25) is 0 Å². The van der Waals surface area contributed by atoms with Crippen molar-refractivity contribution in [1.29, 1.82) is 0 Å². The van der Waals surface area contributed by atoms with Gasteiger partial charge in [-0.2, -0.15) is 0 Å². The second-order valence-electron chi connectivity index (χ2n) is 5.64. The van der Waals surface area contributed by atoms with Crippen LogP contribution < -0.4 is 0 Å². The molecule has 1 aliphatic rings. The van der Waals surface area contributed by atoms with Gasteiger partial charge in [-0.05, 0) is 37.4 Å². The SMILES string of the molecule is C=C[Si]1(C=C)CCC(CC)(CC)O[Si]1(CC)CC. The predicted octanol–water partition coefficient (Wildman–Crippen LogP) is 4.93. The Morgan fingerprint density at radius 1 is 1.06 bits per heavy atom. The van der Waals surface area contributed by atoms with Gasteiger partial charge in [-0.1, -0.05) is 39.1 Å². The molecule has 0 radical (unpaired) electrons. The zero-order valence-electron chi connectivity index (χ0n) is 12.7. The van der Waals surface area contributed by atoms with Gasteiger partial charge < -0.3 is 4.43 Å². The maximum Gasteiger partial charge on any atom is 0.189 e. The highest BCUT2D eigenvalue weighted by atomic mass is 29.3. The van der Waals surface area contributed by atoms with Crippen LogP contribution in [0.4, 0.5) is 0 Å². The molecule has 104 valence electrons. The number of hydrogen-bond acceptors (Lipinski definition) is 1. The molecule has 1 saturated heterocycles. The first kappa shape index (κ1) is 15.9. The molecule has 0 aromatic rings. The Kier molecular flexibility index (Phi) is 5.21. The maximum absolute atomic E-state index is 6.91. The van der Waals surface area contributed by atoms with Crippen LogP contribution in [0.1, 0.15) is 47.0 Å². The van der Waals surface area contributed by atoms with E-state index in [-0.39, 0.29) is 5.60 Å². The van der Waals surface area contributed by atoms with E-state index in [9.17, 15) is 0 Å². The molecule has 0 unspecified atom stereocenters. The molecule has 1 nitrogen and oxygen atoms in total. The van der Waals surface area contributed by atoms with Crippen molar-refractivity contribution in [2.24, 2.45) is 0 Å². The summed E-state index contributed by atoms with van der Waals surface area (Å²) in [6.45, 7) is 17.5. The molecule has 0 bridgehead atoms. The minimum absolute atomic E-state index is 0.154. The smallest absolute Gasteiger partial charge is 0.189 e. The summed E-state index contributed by atoms with van der Waals surface area (Å²) < 4.78 is 6.91. The van der Waals surface area contributed by atoms with Gasteiger partial charge in [-0.25, -0.2) is 0 Å². The highest BCUT2D eigenvalue weighted by Crippen LogP contribution is 2.46. The Balaban J connectivity index is 3.22. The molecule has 0 aromatic heterocycles. The van der Waals surface area contributed by atoms with Crippen molar-refractivity contribution in [3.05, 3.63) is 24.6 Å². The largest absolute Gasteiger partial charge is 0.413 e. The lowest BCUT2D eigenvalue weighted by atomic mass is 9.94. The van der Waals surface area contributed by atoms with Crippen LogP contribution in [0.5, 0.6) is 0 Å². The maximum atomic E-state index is 6.91. The highest BCUT2D eigenvalue weighted by molar-refractivity contribution is 7.44. The summed E-state index contributed by atoms with van der Waals surface area (Å²) in [5.74, 6) is 0. The van der Waals surface area contributed by atoms with Gasteiger partial charge in [0.25, 0.3) is 0 Å². The van der Waals surface area contributed by atoms with Crippen LogP contribution in [0.25, 0.3) is 0 Å². The number of hydrogen-bond donors (Lipinski definition) is 0. The molecule has 0 amide bonds. The summed E-state index contributed by atoms with van der Waals surface area (Å²) in [5.41, 5.74) is 4.70. The van der Waals surface area contributed by atoms with E-state index in [1.807, 2.05) is 0 Å². The van der Waals surface area contributed by atoms with Crippen LogP contribution in [-0.4, -0.2) is 21.0 Å². The van der Waals surface area contributed by atoms with Crippen LogP contribution in [0.2, 0.25) is 18.1 Å². The summed E-state index contributed by atoms with van der Waals surface area (Å²) in [6.07, 6.45) is 3.51. The Bertz CT molecular complexity index is 296. The lowest BCUT2D eigenvalue weighted by molar-refractivity contribution is 0.0424. The molecule has 0 atom stereocenters. The van der Waals surface area contributed by atoms with Gasteiger partial charge >= 0.3 is 0 Å². The first-order chi connectivity index (χ1) is 8.53. The van der Waals surface area contributed by atoms with Crippen molar-refractivity contribution in [3.63, 3.8) is 0 Å². The van der Waals surface area contributed by atoms with Gasteiger partial charge in [-0.3, -0.25) is 0 Å². The topological polar surface area (TPSA) is 9.23 Å². The molecule has 1 aliphatic heterocycles. The normalized spacial score (nSPS) is 24.4. The van der Waals surface area contributed by atoms with Crippen molar-refractivity contribution in [2.45, 2.75) is 70.7 Å². The van der Waals surface area contributed by atoms with E-state index >= 15 is 0 Å². The summed E-state index contributed by atoms with van der Waals surface area (Å²) in [7, 11) is -3.27. The van der Waals surface area contributed by atoms with E-state index in [0.29, 0.717) is 0 Å². The fourth-order valence-electron chi connectivity index (χ4n) is 3.68. The minimum atomic E-state index is -1.68. The average molecular weight is 283 g/mol. The van der Waals surface area contributed by atoms with Crippen LogP contribution in [0, 0.1) is 0 Å². The third-order valence-corrected chi connectivity index (χ3v) is 22.2. The molecular formula is C15H30OSi2. The standard InChI is InChI=1S/C15H30OSi2/c1-7-15(8-2)13-14-17(9-3,10-4)18(11-5,12-6)16-15/h9-10H,3-4,7-8,11-14H2,1-2,5-6H3. The van der Waals surface area contributed by atoms with Crippen molar-refractivity contribution in [1.82, 2.24) is 0 Å². The fourth-order valence-corrected chi connectivity index (χ4v) is 19.0. The molecule has 1 heterocycles. The first-order valence-corrected chi connectivity index (χ1v) is 13.2. The van der Waals surface area contributed by atoms with Crippen molar-refractivity contribution in [2.75, 3.05) is 0 Å². The predicted molar refractivity (Wildman–Crippen MR) is 86.7 cm³/mol. The van der Waals surface area contributed by atoms with Gasteiger partial charge in [-0.15, -0.1) is 13.2 Å². The lowest BCUT2D eigenvalue weighted by Crippen LogP contribution is -2.69. The second-order valence-corrected chi connectivity index (χ2v) is 18.2. The Morgan fingerprint density at radius 3 is 1.89 bits per heavy atom. The Morgan fingerprint density at radius 2 is 1.56 bits per heavy atom. The van der Waals surface area contributed by atoms with Crippen molar-refractivity contribution >= 4 is 15.4 Å². The van der Waals surface area contributed by atoms with Crippen LogP contribution >= 0.6 is 0 Å². The molecule has 0 spiro atoms. The Labute approximate surface area is 115 Å². The molecule has 18 heavy (non-hydrogen) atoms. The molecule has 0 aliphatic carbocycles. The molecule has 0 saturated carbocycles. The fraction of sp³-hybridized carbons (Fsp3) is 0.733. The van der Waals surface area contributed by atoms with E-state index in [1.165, 1.54) is 24.6 Å². The molecule has 0 aromatic carbocycles. The zero-order chi connectivity index (χ0) is 13.9. The van der Waals surface area contributed by atoms with Gasteiger partial charge in [0.1, 0.15) is 7.59 Å². The van der Waals surface area contributed by atoms with Gasteiger partial charge in [0, 0.05) is 0 Å². The van der Waals surface area contributed by atoms with Crippen molar-refractivity contribution < 1.29 is 4.43 Å². The van der Waals surface area contributed by atoms with E-state index in [2.05, 4.69) is 52.3 Å². The second kappa shape index (κ2) is 5.89. The molecule has 1 rings (SSSR count). The molecule has 3 heteroatoms. The molecular weight excluding hydrogens is 252 g/mol. The summed E-state index contributed by atoms with van der Waals surface area (Å²) in [4.78, 5) is 0. The summed E-state index contributed by atoms with van der Waals surface area (Å²) in [6, 6.07) is 3.75. The van der Waals surface area contributed by atoms with Crippen LogP contribution in [0.15, 0.2) is 24.6 Å². The van der Waals surface area contributed by atoms with E-state index < -0.39 is 15.4 Å². The molecule has 0 N–H and O–H groups in total. The van der Waals surface area contributed by atoms with Gasteiger partial charge in [0.05, 0.1) is 5.60 Å². The average Bonchev–Trinajstić information content (AvgIpc) is 2.46. The summed E-state index contributed by atoms with van der Waals surface area (Å²) in [5, 5.41) is 0. The van der Waals surface area contributed by atoms with Gasteiger partial charge in [0.15, 0.2) is 7.83 Å². The third kappa shape index (κ3) is 2.21. The quantitative estimate of drug-likeness (QED) is 0.628. The van der Waals surface area contributed by atoms with E-state index in [1.54, 1.807) is 0 Å². The first-order valence-electron chi connectivity index (χ1n) is 7.50. The monoisotopic (exact) mass is 282 g/mol. The van der Waals surface area contributed by atoms with E-state index in [4.69, 9.17) is 4.43 Å². The minimum Gasteiger partial charge on any atom is -0.413 e.